The summed E-state index contributed by atoms with van der Waals surface area (Å²) < 4.78 is 9.50. The number of hydrogen-bond donors (Lipinski definition) is 0. The van der Waals surface area contributed by atoms with E-state index in [9.17, 15) is 4.39 Å². The van der Waals surface area contributed by atoms with Crippen molar-refractivity contribution in [1.29, 1.82) is 0 Å². The fourth-order valence-corrected chi connectivity index (χ4v) is 0.579. The van der Waals surface area contributed by atoms with Crippen molar-refractivity contribution in [3.8, 4) is 0 Å². The first-order valence-corrected chi connectivity index (χ1v) is 3.93. The first-order chi connectivity index (χ1) is 5.39. The summed E-state index contributed by atoms with van der Waals surface area (Å²) in [6, 6.07) is 0. The summed E-state index contributed by atoms with van der Waals surface area (Å²) >= 11 is 0. The van der Waals surface area contributed by atoms with E-state index in [0.29, 0.717) is 7.18 Å². The van der Waals surface area contributed by atoms with E-state index in [1.165, 1.54) is 5.57 Å². The fraction of sp³-hybridized carbons (Fsp3) is 0.667. The molecule has 0 saturated heterocycles. The predicted octanol–water partition coefficient (Wildman–Crippen LogP) is 3.02. The topological polar surface area (TPSA) is 12.4 Å². The molecule has 0 aromatic rings. The van der Waals surface area contributed by atoms with Crippen molar-refractivity contribution in [2.45, 2.75) is 27.2 Å². The van der Waals surface area contributed by atoms with E-state index in [1.807, 2.05) is 20.1 Å². The molecule has 2 heteroatoms. The van der Waals surface area contributed by atoms with Gasteiger partial charge in [0.1, 0.15) is 0 Å². The molecule has 0 aromatic heterocycles. The Hall–Kier alpha value is -0.660. The second-order valence-electron chi connectivity index (χ2n) is 1.82. The van der Waals surface area contributed by atoms with Crippen LogP contribution in [0.15, 0.2) is 16.6 Å². The van der Waals surface area contributed by atoms with Crippen molar-refractivity contribution in [3.63, 3.8) is 0 Å². The van der Waals surface area contributed by atoms with Crippen LogP contribution in [-0.2, 0) is 0 Å². The Kier molecular flexibility index (Phi) is 14.2. The molecule has 1 heterocycles. The van der Waals surface area contributed by atoms with Crippen molar-refractivity contribution in [1.82, 2.24) is 0 Å². The molecular weight excluding hydrogens is 141 g/mol. The van der Waals surface area contributed by atoms with Gasteiger partial charge in [0.25, 0.3) is 0 Å². The normalized spacial score (nSPS) is 13.4. The smallest absolute Gasteiger partial charge is 0.0785 e. The fourth-order valence-electron chi connectivity index (χ4n) is 0.579. The Morgan fingerprint density at radius 2 is 1.91 bits per heavy atom. The maximum absolute atomic E-state index is 9.50. The standard InChI is InChI=1S/C6H9N.C2H6.CH3F/c1-6-2-4-7-5-3-6;2*1-2/h2,4H,3,5H2,1H3;1-2H3;1H3. The lowest BCUT2D eigenvalue weighted by molar-refractivity contribution is 0.636. The maximum Gasteiger partial charge on any atom is 0.0785 e. The molecule has 0 atom stereocenters. The summed E-state index contributed by atoms with van der Waals surface area (Å²) in [5.74, 6) is 0. The number of aliphatic imine (C=N–C) groups is 1. The van der Waals surface area contributed by atoms with Gasteiger partial charge < -0.3 is 0 Å². The molecule has 0 spiro atoms. The summed E-state index contributed by atoms with van der Waals surface area (Å²) in [6.45, 7) is 7.12. The van der Waals surface area contributed by atoms with Crippen LogP contribution in [0.4, 0.5) is 4.39 Å². The minimum Gasteiger partial charge on any atom is -0.293 e. The minimum absolute atomic E-state index is 0.500. The van der Waals surface area contributed by atoms with Crippen LogP contribution in [0.25, 0.3) is 0 Å². The molecule has 0 amide bonds. The van der Waals surface area contributed by atoms with Gasteiger partial charge in [0, 0.05) is 12.8 Å². The Morgan fingerprint density at radius 1 is 1.36 bits per heavy atom. The highest BCUT2D eigenvalue weighted by atomic mass is 19.1. The van der Waals surface area contributed by atoms with Crippen LogP contribution >= 0.6 is 0 Å². The van der Waals surface area contributed by atoms with Crippen molar-refractivity contribution in [3.05, 3.63) is 11.6 Å². The molecule has 0 aromatic carbocycles. The Morgan fingerprint density at radius 3 is 2.09 bits per heavy atom. The Labute approximate surface area is 69.0 Å². The summed E-state index contributed by atoms with van der Waals surface area (Å²) in [5, 5.41) is 0. The van der Waals surface area contributed by atoms with Crippen LogP contribution in [0.2, 0.25) is 0 Å². The van der Waals surface area contributed by atoms with Gasteiger partial charge in [-0.1, -0.05) is 19.4 Å². The largest absolute Gasteiger partial charge is 0.293 e. The van der Waals surface area contributed by atoms with E-state index in [2.05, 4.69) is 18.0 Å². The van der Waals surface area contributed by atoms with Crippen molar-refractivity contribution in [2.75, 3.05) is 13.7 Å². The second-order valence-corrected chi connectivity index (χ2v) is 1.82. The van der Waals surface area contributed by atoms with Gasteiger partial charge in [-0.2, -0.15) is 0 Å². The van der Waals surface area contributed by atoms with Gasteiger partial charge >= 0.3 is 0 Å². The highest BCUT2D eigenvalue weighted by Crippen LogP contribution is 2.01. The van der Waals surface area contributed by atoms with Crippen LogP contribution < -0.4 is 0 Å². The van der Waals surface area contributed by atoms with Crippen LogP contribution in [-0.4, -0.2) is 19.9 Å². The molecular formula is C9H18FN. The molecule has 1 nitrogen and oxygen atoms in total. The third-order valence-corrected chi connectivity index (χ3v) is 1.10. The van der Waals surface area contributed by atoms with Crippen LogP contribution in [0.1, 0.15) is 27.2 Å². The maximum atomic E-state index is 9.50. The average Bonchev–Trinajstić information content (AvgIpc) is 2.13. The minimum atomic E-state index is 0.500. The lowest BCUT2D eigenvalue weighted by Gasteiger charge is -1.98. The van der Waals surface area contributed by atoms with Gasteiger partial charge in [0.05, 0.1) is 7.18 Å². The summed E-state index contributed by atoms with van der Waals surface area (Å²) in [5.41, 5.74) is 1.44. The lowest BCUT2D eigenvalue weighted by Crippen LogP contribution is -1.89. The number of halogens is 1. The second kappa shape index (κ2) is 12.1. The van der Waals surface area contributed by atoms with Crippen LogP contribution in [0, 0.1) is 0 Å². The lowest BCUT2D eigenvalue weighted by atomic mass is 10.2. The van der Waals surface area contributed by atoms with Crippen molar-refractivity contribution >= 4 is 6.21 Å². The summed E-state index contributed by atoms with van der Waals surface area (Å²) in [6.07, 6.45) is 5.08. The first kappa shape index (κ1) is 13.0. The molecule has 66 valence electrons. The van der Waals surface area contributed by atoms with Crippen LogP contribution in [0.3, 0.4) is 0 Å². The van der Waals surface area contributed by atoms with Gasteiger partial charge in [0.2, 0.25) is 0 Å². The monoisotopic (exact) mass is 159 g/mol. The molecule has 0 saturated carbocycles. The number of alkyl halides is 1. The van der Waals surface area contributed by atoms with E-state index in [-0.39, 0.29) is 0 Å². The zero-order valence-electron chi connectivity index (χ0n) is 7.89. The van der Waals surface area contributed by atoms with Gasteiger partial charge in [0.15, 0.2) is 0 Å². The Bertz CT molecular complexity index is 117. The van der Waals surface area contributed by atoms with E-state index in [1.54, 1.807) is 0 Å². The molecule has 0 radical (unpaired) electrons. The highest BCUT2D eigenvalue weighted by molar-refractivity contribution is 5.72. The predicted molar refractivity (Wildman–Crippen MR) is 50.1 cm³/mol. The highest BCUT2D eigenvalue weighted by Gasteiger charge is 1.89. The van der Waals surface area contributed by atoms with E-state index >= 15 is 0 Å². The summed E-state index contributed by atoms with van der Waals surface area (Å²) in [4.78, 5) is 4.03. The molecule has 0 fully saturated rings. The first-order valence-electron chi connectivity index (χ1n) is 3.93. The Balaban J connectivity index is 0. The van der Waals surface area contributed by atoms with Crippen molar-refractivity contribution < 1.29 is 4.39 Å². The number of hydrogen-bond acceptors (Lipinski definition) is 1. The molecule has 0 N–H and O–H groups in total. The molecule has 11 heavy (non-hydrogen) atoms. The molecule has 0 unspecified atom stereocenters. The van der Waals surface area contributed by atoms with Gasteiger partial charge in [-0.15, -0.1) is 0 Å². The third kappa shape index (κ3) is 9.34. The molecule has 1 aliphatic heterocycles. The van der Waals surface area contributed by atoms with Gasteiger partial charge in [-0.05, 0) is 19.4 Å². The average molecular weight is 159 g/mol. The van der Waals surface area contributed by atoms with E-state index in [4.69, 9.17) is 0 Å². The van der Waals surface area contributed by atoms with Gasteiger partial charge in [-0.3, -0.25) is 9.38 Å². The zero-order chi connectivity index (χ0) is 9.11. The zero-order valence-corrected chi connectivity index (χ0v) is 7.89. The van der Waals surface area contributed by atoms with E-state index in [0.717, 1.165) is 13.0 Å². The molecule has 0 bridgehead atoms. The van der Waals surface area contributed by atoms with E-state index < -0.39 is 0 Å². The number of allylic oxidation sites excluding steroid dienone is 1. The van der Waals surface area contributed by atoms with Gasteiger partial charge in [-0.25, -0.2) is 0 Å². The number of rotatable bonds is 0. The third-order valence-electron chi connectivity index (χ3n) is 1.10. The number of dihydropyridines is 1. The van der Waals surface area contributed by atoms with Crippen molar-refractivity contribution in [2.24, 2.45) is 4.99 Å². The quantitative estimate of drug-likeness (QED) is 0.515. The molecule has 1 aliphatic rings. The summed E-state index contributed by atoms with van der Waals surface area (Å²) in [7, 11) is 0.500. The molecule has 1 rings (SSSR count). The number of nitrogens with zero attached hydrogens (tertiary/aromatic N) is 1. The SMILES string of the molecule is CC.CC1=CC=NCC1.CF. The van der Waals surface area contributed by atoms with Crippen LogP contribution in [0.5, 0.6) is 0 Å². The molecule has 0 aliphatic carbocycles.